The van der Waals surface area contributed by atoms with E-state index in [9.17, 15) is 0 Å². The Kier molecular flexibility index (Phi) is 4.61. The molecule has 0 radical (unpaired) electrons. The van der Waals surface area contributed by atoms with Gasteiger partial charge in [-0.25, -0.2) is 0 Å². The van der Waals surface area contributed by atoms with E-state index < -0.39 is 0 Å². The highest BCUT2D eigenvalue weighted by atomic mass is 16.3. The van der Waals surface area contributed by atoms with Gasteiger partial charge in [0.2, 0.25) is 0 Å². The summed E-state index contributed by atoms with van der Waals surface area (Å²) in [6.07, 6.45) is 3.78. The van der Waals surface area contributed by atoms with Gasteiger partial charge in [-0.15, -0.1) is 0 Å². The minimum Gasteiger partial charge on any atom is -0.396 e. The van der Waals surface area contributed by atoms with Gasteiger partial charge in [0.25, 0.3) is 0 Å². The molecule has 104 valence electrons. The van der Waals surface area contributed by atoms with Gasteiger partial charge < -0.3 is 14.8 Å². The third-order valence-electron chi connectivity index (χ3n) is 3.60. The summed E-state index contributed by atoms with van der Waals surface area (Å²) in [6.45, 7) is 5.38. The van der Waals surface area contributed by atoms with Crippen molar-refractivity contribution in [3.05, 3.63) is 35.5 Å². The van der Waals surface area contributed by atoms with Gasteiger partial charge in [0.1, 0.15) is 0 Å². The molecule has 3 heteroatoms. The number of aryl methyl sites for hydroxylation is 1. The molecule has 0 atom stereocenters. The predicted molar refractivity (Wildman–Crippen MR) is 78.5 cm³/mol. The van der Waals surface area contributed by atoms with Gasteiger partial charge in [-0.05, 0) is 42.0 Å². The molecule has 0 aliphatic carbocycles. The zero-order chi connectivity index (χ0) is 13.8. The van der Waals surface area contributed by atoms with Crippen molar-refractivity contribution in [1.29, 1.82) is 0 Å². The van der Waals surface area contributed by atoms with Crippen LogP contribution in [-0.4, -0.2) is 28.0 Å². The van der Waals surface area contributed by atoms with Crippen molar-refractivity contribution in [3.8, 4) is 0 Å². The first-order chi connectivity index (χ1) is 9.17. The second-order valence-electron chi connectivity index (χ2n) is 5.33. The van der Waals surface area contributed by atoms with Crippen molar-refractivity contribution in [2.24, 2.45) is 0 Å². The average Bonchev–Trinajstić information content (AvgIpc) is 2.74. The van der Waals surface area contributed by atoms with Gasteiger partial charge in [-0.3, -0.25) is 0 Å². The molecule has 0 fully saturated rings. The largest absolute Gasteiger partial charge is 0.396 e. The van der Waals surface area contributed by atoms with Gasteiger partial charge in [0.05, 0.1) is 6.61 Å². The number of aliphatic hydroxyl groups is 2. The normalized spacial score (nSPS) is 11.6. The molecule has 0 aliphatic rings. The van der Waals surface area contributed by atoms with Crippen LogP contribution in [0.2, 0.25) is 0 Å². The van der Waals surface area contributed by atoms with E-state index >= 15 is 0 Å². The van der Waals surface area contributed by atoms with Gasteiger partial charge in [-0.1, -0.05) is 19.9 Å². The molecule has 0 amide bonds. The zero-order valence-electron chi connectivity index (χ0n) is 11.8. The Balaban J connectivity index is 2.48. The average molecular weight is 261 g/mol. The van der Waals surface area contributed by atoms with Crippen LogP contribution in [0.1, 0.15) is 37.3 Å². The summed E-state index contributed by atoms with van der Waals surface area (Å²) in [4.78, 5) is 0. The number of fused-ring (bicyclic) bond motifs is 1. The molecule has 19 heavy (non-hydrogen) atoms. The lowest BCUT2D eigenvalue weighted by Gasteiger charge is -2.07. The molecule has 2 rings (SSSR count). The fourth-order valence-corrected chi connectivity index (χ4v) is 2.51. The van der Waals surface area contributed by atoms with Crippen LogP contribution in [0.3, 0.4) is 0 Å². The Hall–Kier alpha value is -1.32. The van der Waals surface area contributed by atoms with Gasteiger partial charge in [0.15, 0.2) is 0 Å². The lowest BCUT2D eigenvalue weighted by molar-refractivity contribution is 0.277. The maximum atomic E-state index is 9.15. The second-order valence-corrected chi connectivity index (χ2v) is 5.33. The van der Waals surface area contributed by atoms with E-state index in [2.05, 4.69) is 42.8 Å². The topological polar surface area (TPSA) is 45.4 Å². The van der Waals surface area contributed by atoms with Crippen molar-refractivity contribution in [2.75, 3.05) is 13.2 Å². The Morgan fingerprint density at radius 2 is 1.95 bits per heavy atom. The fourth-order valence-electron chi connectivity index (χ4n) is 2.51. The minimum atomic E-state index is 0.148. The number of hydrogen-bond donors (Lipinski definition) is 2. The summed E-state index contributed by atoms with van der Waals surface area (Å²) in [7, 11) is 0. The third-order valence-corrected chi connectivity index (χ3v) is 3.60. The number of nitrogens with zero attached hydrogens (tertiary/aromatic N) is 1. The molecule has 0 saturated carbocycles. The Labute approximate surface area is 114 Å². The molecule has 0 aliphatic heterocycles. The van der Waals surface area contributed by atoms with Crippen LogP contribution in [-0.2, 0) is 13.0 Å². The molecule has 1 aromatic heterocycles. The summed E-state index contributed by atoms with van der Waals surface area (Å²) in [5.41, 5.74) is 3.77. The van der Waals surface area contributed by atoms with E-state index in [1.54, 1.807) is 0 Å². The van der Waals surface area contributed by atoms with E-state index in [-0.39, 0.29) is 13.2 Å². The van der Waals surface area contributed by atoms with Crippen molar-refractivity contribution in [2.45, 2.75) is 39.2 Å². The van der Waals surface area contributed by atoms with Crippen molar-refractivity contribution in [1.82, 2.24) is 4.57 Å². The summed E-state index contributed by atoms with van der Waals surface area (Å²) >= 11 is 0. The summed E-state index contributed by atoms with van der Waals surface area (Å²) < 4.78 is 2.10. The summed E-state index contributed by atoms with van der Waals surface area (Å²) in [5, 5.41) is 19.4. The monoisotopic (exact) mass is 261 g/mol. The maximum Gasteiger partial charge on any atom is 0.0610 e. The Bertz CT molecular complexity index is 543. The number of aliphatic hydroxyl groups excluding tert-OH is 2. The van der Waals surface area contributed by atoms with Crippen LogP contribution < -0.4 is 0 Å². The lowest BCUT2D eigenvalue weighted by atomic mass is 9.99. The molecule has 0 bridgehead atoms. The van der Waals surface area contributed by atoms with Crippen LogP contribution in [0.4, 0.5) is 0 Å². The van der Waals surface area contributed by atoms with Crippen LogP contribution in [0, 0.1) is 0 Å². The van der Waals surface area contributed by atoms with Crippen molar-refractivity contribution in [3.63, 3.8) is 0 Å². The molecule has 3 nitrogen and oxygen atoms in total. The molecule has 0 spiro atoms. The molecular formula is C16H23NO2. The molecular weight excluding hydrogens is 238 g/mol. The number of rotatable bonds is 6. The quantitative estimate of drug-likeness (QED) is 0.839. The van der Waals surface area contributed by atoms with E-state index in [0.29, 0.717) is 12.5 Å². The predicted octanol–water partition coefficient (Wildman–Crippen LogP) is 2.68. The van der Waals surface area contributed by atoms with E-state index in [4.69, 9.17) is 10.2 Å². The zero-order valence-corrected chi connectivity index (χ0v) is 11.8. The number of benzene rings is 1. The standard InChI is InChI=1S/C16H23NO2/c1-12(2)13-5-6-16-15(10-13)14(4-3-8-18)11-17(16)7-9-19/h5-6,10-12,18-19H,3-4,7-9H2,1-2H3. The smallest absolute Gasteiger partial charge is 0.0610 e. The highest BCUT2D eigenvalue weighted by molar-refractivity contribution is 5.85. The second kappa shape index (κ2) is 6.22. The Morgan fingerprint density at radius 1 is 1.16 bits per heavy atom. The van der Waals surface area contributed by atoms with E-state index in [1.165, 1.54) is 22.0 Å². The highest BCUT2D eigenvalue weighted by Crippen LogP contribution is 2.27. The van der Waals surface area contributed by atoms with Gasteiger partial charge in [0, 0.05) is 30.3 Å². The van der Waals surface area contributed by atoms with Crippen molar-refractivity contribution < 1.29 is 10.2 Å². The SMILES string of the molecule is CC(C)c1ccc2c(c1)c(CCCO)cn2CCO. The number of hydrogen-bond acceptors (Lipinski definition) is 2. The van der Waals surface area contributed by atoms with Crippen LogP contribution in [0.5, 0.6) is 0 Å². The third kappa shape index (κ3) is 2.99. The molecule has 1 aromatic carbocycles. The highest BCUT2D eigenvalue weighted by Gasteiger charge is 2.10. The van der Waals surface area contributed by atoms with Gasteiger partial charge in [-0.2, -0.15) is 0 Å². The maximum absolute atomic E-state index is 9.15. The van der Waals surface area contributed by atoms with E-state index in [1.807, 2.05) is 0 Å². The van der Waals surface area contributed by atoms with Crippen LogP contribution >= 0.6 is 0 Å². The van der Waals surface area contributed by atoms with Gasteiger partial charge >= 0.3 is 0 Å². The first-order valence-electron chi connectivity index (χ1n) is 7.00. The first kappa shape index (κ1) is 14.1. The minimum absolute atomic E-state index is 0.148. The summed E-state index contributed by atoms with van der Waals surface area (Å²) in [5.74, 6) is 0.510. The lowest BCUT2D eigenvalue weighted by Crippen LogP contribution is -2.00. The Morgan fingerprint density at radius 3 is 2.58 bits per heavy atom. The summed E-state index contributed by atoms with van der Waals surface area (Å²) in [6, 6.07) is 6.56. The number of aromatic nitrogens is 1. The van der Waals surface area contributed by atoms with Crippen molar-refractivity contribution >= 4 is 10.9 Å². The molecule has 0 saturated heterocycles. The molecule has 0 unspecified atom stereocenters. The fraction of sp³-hybridized carbons (Fsp3) is 0.500. The molecule has 2 aromatic rings. The first-order valence-corrected chi connectivity index (χ1v) is 7.00. The molecule has 1 heterocycles. The van der Waals surface area contributed by atoms with E-state index in [0.717, 1.165) is 12.8 Å². The van der Waals surface area contributed by atoms with Crippen LogP contribution in [0.25, 0.3) is 10.9 Å². The van der Waals surface area contributed by atoms with Crippen LogP contribution in [0.15, 0.2) is 24.4 Å². The molecule has 2 N–H and O–H groups in total.